The fraction of sp³-hybridized carbons (Fsp3) is 0.333. The quantitative estimate of drug-likeness (QED) is 0.781. The molecule has 6 nitrogen and oxygen atoms in total. The van der Waals surface area contributed by atoms with Gasteiger partial charge in [-0.25, -0.2) is 9.50 Å². The van der Waals surface area contributed by atoms with Crippen molar-refractivity contribution < 1.29 is 4.74 Å². The van der Waals surface area contributed by atoms with E-state index < -0.39 is 0 Å². The average Bonchev–Trinajstić information content (AvgIpc) is 2.97. The minimum absolute atomic E-state index is 0.00495. The molecule has 0 spiro atoms. The van der Waals surface area contributed by atoms with E-state index in [2.05, 4.69) is 15.0 Å². The van der Waals surface area contributed by atoms with Gasteiger partial charge in [-0.05, 0) is 24.6 Å². The maximum Gasteiger partial charge on any atom is 0.272 e. The van der Waals surface area contributed by atoms with Crippen molar-refractivity contribution in [1.29, 1.82) is 0 Å². The van der Waals surface area contributed by atoms with Crippen LogP contribution in [0.3, 0.4) is 0 Å². The highest BCUT2D eigenvalue weighted by atomic mass is 35.5. The molecule has 0 amide bonds. The van der Waals surface area contributed by atoms with Gasteiger partial charge in [0.05, 0.1) is 18.4 Å². The van der Waals surface area contributed by atoms with Gasteiger partial charge in [-0.15, -0.1) is 0 Å². The van der Waals surface area contributed by atoms with Gasteiger partial charge in [0.15, 0.2) is 5.65 Å². The minimum atomic E-state index is -0.0874. The smallest absolute Gasteiger partial charge is 0.272 e. The van der Waals surface area contributed by atoms with E-state index in [0.717, 1.165) is 35.1 Å². The zero-order chi connectivity index (χ0) is 17.4. The van der Waals surface area contributed by atoms with Crippen LogP contribution in [0.5, 0.6) is 0 Å². The number of hydrogen-bond acceptors (Lipinski definition) is 4. The molecule has 0 unspecified atom stereocenters. The molecule has 0 radical (unpaired) electrons. The molecule has 1 saturated heterocycles. The summed E-state index contributed by atoms with van der Waals surface area (Å²) < 4.78 is 7.36. The maximum absolute atomic E-state index is 12.2. The van der Waals surface area contributed by atoms with Gasteiger partial charge in [0, 0.05) is 42.5 Å². The molecule has 0 aliphatic carbocycles. The number of nitrogens with zero attached hydrogens (tertiary/aromatic N) is 3. The van der Waals surface area contributed by atoms with Crippen molar-refractivity contribution in [2.45, 2.75) is 19.6 Å². The van der Waals surface area contributed by atoms with Crippen molar-refractivity contribution in [1.82, 2.24) is 19.5 Å². The largest absolute Gasteiger partial charge is 0.371 e. The molecule has 1 aromatic carbocycles. The average molecular weight is 359 g/mol. The van der Waals surface area contributed by atoms with Gasteiger partial charge in [-0.3, -0.25) is 14.8 Å². The fourth-order valence-electron chi connectivity index (χ4n) is 3.20. The standard InChI is InChI=1S/C18H19ClN4O2/c1-12-8-17-20-15(9-18(24)23(17)21-12)10-22-6-7-25-16(11-22)13-2-4-14(19)5-3-13/h2-5,8-9,16,21H,6-7,10-11H2,1H3/t16-/m0/s1. The Morgan fingerprint density at radius 1 is 1.32 bits per heavy atom. The monoisotopic (exact) mass is 358 g/mol. The molecule has 7 heteroatoms. The third-order valence-electron chi connectivity index (χ3n) is 4.41. The molecule has 1 N–H and O–H groups in total. The second-order valence-corrected chi connectivity index (χ2v) is 6.80. The number of H-pyrrole nitrogens is 1. The number of hydrogen-bond donors (Lipinski definition) is 1. The molecule has 4 rings (SSSR count). The SMILES string of the molecule is Cc1cc2nc(CN3CCO[C@H](c4ccc(Cl)cc4)C3)cc(=O)n2[nH]1. The second-order valence-electron chi connectivity index (χ2n) is 6.36. The lowest BCUT2D eigenvalue weighted by molar-refractivity contribution is -0.0332. The predicted molar refractivity (Wildman–Crippen MR) is 96.0 cm³/mol. The van der Waals surface area contributed by atoms with Crippen molar-refractivity contribution in [3.8, 4) is 0 Å². The molecule has 0 bridgehead atoms. The predicted octanol–water partition coefficient (Wildman–Crippen LogP) is 2.56. The third-order valence-corrected chi connectivity index (χ3v) is 4.66. The molecule has 25 heavy (non-hydrogen) atoms. The molecular formula is C18H19ClN4O2. The van der Waals surface area contributed by atoms with Crippen LogP contribution in [-0.4, -0.2) is 39.2 Å². The molecule has 1 atom stereocenters. The number of halogens is 1. The van der Waals surface area contributed by atoms with Crippen LogP contribution in [0.1, 0.15) is 23.1 Å². The summed E-state index contributed by atoms with van der Waals surface area (Å²) in [5, 5.41) is 3.71. The van der Waals surface area contributed by atoms with Crippen molar-refractivity contribution in [3.05, 3.63) is 68.7 Å². The minimum Gasteiger partial charge on any atom is -0.371 e. The van der Waals surface area contributed by atoms with Crippen molar-refractivity contribution in [2.75, 3.05) is 19.7 Å². The van der Waals surface area contributed by atoms with E-state index >= 15 is 0 Å². The van der Waals surface area contributed by atoms with Gasteiger partial charge < -0.3 is 4.74 Å². The molecular weight excluding hydrogens is 340 g/mol. The normalized spacial score (nSPS) is 18.7. The van der Waals surface area contributed by atoms with Crippen molar-refractivity contribution in [3.63, 3.8) is 0 Å². The Bertz CT molecular complexity index is 948. The van der Waals surface area contributed by atoms with Crippen LogP contribution in [0.2, 0.25) is 5.02 Å². The molecule has 0 saturated carbocycles. The number of benzene rings is 1. The summed E-state index contributed by atoms with van der Waals surface area (Å²) in [7, 11) is 0. The Labute approximate surface area is 150 Å². The van der Waals surface area contributed by atoms with E-state index in [1.807, 2.05) is 37.3 Å². The number of morpholine rings is 1. The summed E-state index contributed by atoms with van der Waals surface area (Å²) in [6.45, 7) is 4.76. The Morgan fingerprint density at radius 3 is 2.92 bits per heavy atom. The summed E-state index contributed by atoms with van der Waals surface area (Å²) in [4.78, 5) is 19.1. The molecule has 1 aliphatic heterocycles. The lowest BCUT2D eigenvalue weighted by Crippen LogP contribution is -2.38. The van der Waals surface area contributed by atoms with Gasteiger partial charge in [0.2, 0.25) is 0 Å². The number of ether oxygens (including phenoxy) is 1. The molecule has 2 aromatic heterocycles. The Hall–Kier alpha value is -2.15. The number of fused-ring (bicyclic) bond motifs is 1. The lowest BCUT2D eigenvalue weighted by Gasteiger charge is -2.32. The van der Waals surface area contributed by atoms with Gasteiger partial charge >= 0.3 is 0 Å². The molecule has 1 aliphatic rings. The Morgan fingerprint density at radius 2 is 2.12 bits per heavy atom. The van der Waals surface area contributed by atoms with E-state index in [1.54, 1.807) is 6.07 Å². The fourth-order valence-corrected chi connectivity index (χ4v) is 3.32. The van der Waals surface area contributed by atoms with E-state index in [-0.39, 0.29) is 11.7 Å². The van der Waals surface area contributed by atoms with Gasteiger partial charge in [0.1, 0.15) is 0 Å². The summed E-state index contributed by atoms with van der Waals surface area (Å²) in [6, 6.07) is 11.2. The van der Waals surface area contributed by atoms with E-state index in [0.29, 0.717) is 18.8 Å². The van der Waals surface area contributed by atoms with Crippen LogP contribution in [0.4, 0.5) is 0 Å². The van der Waals surface area contributed by atoms with Gasteiger partial charge in [0.25, 0.3) is 5.56 Å². The number of rotatable bonds is 3. The van der Waals surface area contributed by atoms with E-state index in [4.69, 9.17) is 16.3 Å². The summed E-state index contributed by atoms with van der Waals surface area (Å²) >= 11 is 5.96. The van der Waals surface area contributed by atoms with Crippen LogP contribution in [0.15, 0.2) is 41.2 Å². The first kappa shape index (κ1) is 16.3. The van der Waals surface area contributed by atoms with Crippen LogP contribution >= 0.6 is 11.6 Å². The van der Waals surface area contributed by atoms with Crippen LogP contribution in [0, 0.1) is 6.92 Å². The summed E-state index contributed by atoms with van der Waals surface area (Å²) in [5.74, 6) is 0. The van der Waals surface area contributed by atoms with E-state index in [9.17, 15) is 4.79 Å². The first-order valence-corrected chi connectivity index (χ1v) is 8.64. The topological polar surface area (TPSA) is 62.6 Å². The number of nitrogens with one attached hydrogen (secondary N) is 1. The van der Waals surface area contributed by atoms with E-state index in [1.165, 1.54) is 4.52 Å². The first-order chi connectivity index (χ1) is 12.1. The summed E-state index contributed by atoms with van der Waals surface area (Å²) in [6.07, 6.45) is 0.00495. The highest BCUT2D eigenvalue weighted by molar-refractivity contribution is 6.30. The molecule has 3 heterocycles. The second kappa shape index (κ2) is 6.63. The number of aromatic amines is 1. The molecule has 3 aromatic rings. The van der Waals surface area contributed by atoms with Gasteiger partial charge in [-0.2, -0.15) is 0 Å². The van der Waals surface area contributed by atoms with Crippen LogP contribution in [0.25, 0.3) is 5.65 Å². The van der Waals surface area contributed by atoms with Crippen molar-refractivity contribution >= 4 is 17.2 Å². The third kappa shape index (κ3) is 3.46. The Balaban J connectivity index is 1.52. The lowest BCUT2D eigenvalue weighted by atomic mass is 10.1. The highest BCUT2D eigenvalue weighted by Crippen LogP contribution is 2.24. The first-order valence-electron chi connectivity index (χ1n) is 8.26. The zero-order valence-electron chi connectivity index (χ0n) is 13.9. The number of aromatic nitrogens is 3. The van der Waals surface area contributed by atoms with Gasteiger partial charge in [-0.1, -0.05) is 23.7 Å². The van der Waals surface area contributed by atoms with Crippen LogP contribution < -0.4 is 5.56 Å². The maximum atomic E-state index is 12.2. The zero-order valence-corrected chi connectivity index (χ0v) is 14.7. The summed E-state index contributed by atoms with van der Waals surface area (Å²) in [5.41, 5.74) is 3.37. The molecule has 130 valence electrons. The van der Waals surface area contributed by atoms with Crippen molar-refractivity contribution in [2.24, 2.45) is 0 Å². The van der Waals surface area contributed by atoms with Crippen LogP contribution in [-0.2, 0) is 11.3 Å². The molecule has 1 fully saturated rings. The Kier molecular flexibility index (Phi) is 4.33. The number of aryl methyl sites for hydroxylation is 1. The highest BCUT2D eigenvalue weighted by Gasteiger charge is 2.22.